The third-order valence-electron chi connectivity index (χ3n) is 1.55. The van der Waals surface area contributed by atoms with Crippen molar-refractivity contribution in [2.45, 2.75) is 0 Å². The van der Waals surface area contributed by atoms with Crippen molar-refractivity contribution in [2.75, 3.05) is 0 Å². The molecule has 11 heavy (non-hydrogen) atoms. The van der Waals surface area contributed by atoms with Crippen LogP contribution in [0.15, 0.2) is 17.6 Å². The molecule has 2 aromatic heterocycles. The molecule has 0 unspecified atom stereocenters. The fraction of sp³-hybridized carbons (Fsp3) is 0. The molecule has 2 aromatic rings. The molecular weight excluding hydrogens is 158 g/mol. The summed E-state index contributed by atoms with van der Waals surface area (Å²) in [6.07, 6.45) is 6.76. The highest BCUT2D eigenvalue weighted by Crippen LogP contribution is 2.24. The minimum Gasteiger partial charge on any atom is -0.428 e. The van der Waals surface area contributed by atoms with E-state index in [1.807, 2.05) is 11.4 Å². The fourth-order valence-corrected chi connectivity index (χ4v) is 1.85. The van der Waals surface area contributed by atoms with Gasteiger partial charge in [0.1, 0.15) is 4.83 Å². The van der Waals surface area contributed by atoms with Crippen LogP contribution >= 0.6 is 11.3 Å². The number of thiophene rings is 1. The monoisotopic (exact) mass is 163 g/mol. The Labute approximate surface area is 67.6 Å². The van der Waals surface area contributed by atoms with Crippen LogP contribution in [0.5, 0.6) is 0 Å². The molecule has 0 bridgehead atoms. The van der Waals surface area contributed by atoms with E-state index in [1.165, 1.54) is 11.3 Å². The fourth-order valence-electron chi connectivity index (χ4n) is 1.05. The largest absolute Gasteiger partial charge is 0.428 e. The summed E-state index contributed by atoms with van der Waals surface area (Å²) in [5.41, 5.74) is 0.740. The van der Waals surface area contributed by atoms with Gasteiger partial charge in [0.25, 0.3) is 0 Å². The van der Waals surface area contributed by atoms with Crippen molar-refractivity contribution in [1.82, 2.24) is 4.73 Å². The average molecular weight is 163 g/mol. The molecule has 0 amide bonds. The number of terminal acetylenes is 1. The third-order valence-corrected chi connectivity index (χ3v) is 2.45. The number of rotatable bonds is 0. The van der Waals surface area contributed by atoms with Crippen LogP contribution in [0.4, 0.5) is 0 Å². The Hall–Kier alpha value is -1.40. The number of aromatic nitrogens is 1. The van der Waals surface area contributed by atoms with E-state index in [0.29, 0.717) is 0 Å². The topological polar surface area (TPSA) is 25.2 Å². The number of fused-ring (bicyclic) bond motifs is 1. The van der Waals surface area contributed by atoms with E-state index >= 15 is 0 Å². The van der Waals surface area contributed by atoms with Crippen LogP contribution in [-0.2, 0) is 0 Å². The first-order chi connectivity index (χ1) is 5.33. The van der Waals surface area contributed by atoms with Crippen LogP contribution < -0.4 is 0 Å². The minimum absolute atomic E-state index is 0.740. The van der Waals surface area contributed by atoms with Crippen molar-refractivity contribution in [1.29, 1.82) is 0 Å². The van der Waals surface area contributed by atoms with E-state index in [9.17, 15) is 5.21 Å². The van der Waals surface area contributed by atoms with Gasteiger partial charge in [-0.15, -0.1) is 17.8 Å². The normalized spacial score (nSPS) is 10.1. The highest BCUT2D eigenvalue weighted by Gasteiger charge is 2.05. The van der Waals surface area contributed by atoms with Gasteiger partial charge in [-0.05, 0) is 11.4 Å². The second-order valence-electron chi connectivity index (χ2n) is 2.17. The maximum absolute atomic E-state index is 9.24. The Morgan fingerprint density at radius 3 is 3.18 bits per heavy atom. The molecule has 0 radical (unpaired) electrons. The standard InChI is InChI=1S/C8H5NOS/c1-2-6-5-9(10)8-7(6)3-4-11-8/h1,3-5,10H. The zero-order valence-electron chi connectivity index (χ0n) is 5.61. The quantitative estimate of drug-likeness (QED) is 0.466. The summed E-state index contributed by atoms with van der Waals surface area (Å²) in [5, 5.41) is 12.1. The lowest BCUT2D eigenvalue weighted by atomic mass is 10.3. The van der Waals surface area contributed by atoms with Crippen molar-refractivity contribution in [3.63, 3.8) is 0 Å². The van der Waals surface area contributed by atoms with E-state index in [4.69, 9.17) is 6.42 Å². The lowest BCUT2D eigenvalue weighted by Crippen LogP contribution is -1.81. The lowest BCUT2D eigenvalue weighted by Gasteiger charge is -1.84. The molecule has 1 N–H and O–H groups in total. The van der Waals surface area contributed by atoms with E-state index in [1.54, 1.807) is 6.20 Å². The summed E-state index contributed by atoms with van der Waals surface area (Å²) < 4.78 is 1.06. The molecule has 0 aliphatic heterocycles. The maximum atomic E-state index is 9.24. The maximum Gasteiger partial charge on any atom is 0.140 e. The van der Waals surface area contributed by atoms with Crippen molar-refractivity contribution >= 4 is 21.6 Å². The highest BCUT2D eigenvalue weighted by atomic mass is 32.1. The van der Waals surface area contributed by atoms with Crippen LogP contribution in [0, 0.1) is 12.3 Å². The van der Waals surface area contributed by atoms with Gasteiger partial charge in [0.05, 0.1) is 11.8 Å². The summed E-state index contributed by atoms with van der Waals surface area (Å²) in [7, 11) is 0. The minimum atomic E-state index is 0.740. The van der Waals surface area contributed by atoms with E-state index < -0.39 is 0 Å². The van der Waals surface area contributed by atoms with Gasteiger partial charge in [0.2, 0.25) is 0 Å². The molecule has 0 aromatic carbocycles. The second kappa shape index (κ2) is 2.04. The van der Waals surface area contributed by atoms with Crippen LogP contribution in [0.3, 0.4) is 0 Å². The summed E-state index contributed by atoms with van der Waals surface area (Å²) >= 11 is 1.47. The Morgan fingerprint density at radius 2 is 2.45 bits per heavy atom. The molecule has 2 rings (SSSR count). The number of hydrogen-bond donors (Lipinski definition) is 1. The third kappa shape index (κ3) is 0.733. The SMILES string of the molecule is C#Cc1cn(O)c2sccc12. The molecule has 0 saturated heterocycles. The van der Waals surface area contributed by atoms with Crippen LogP contribution in [-0.4, -0.2) is 9.94 Å². The van der Waals surface area contributed by atoms with Crippen molar-refractivity contribution < 1.29 is 5.21 Å². The Bertz CT molecular complexity index is 432. The molecule has 54 valence electrons. The molecule has 3 heteroatoms. The number of hydrogen-bond acceptors (Lipinski definition) is 2. The van der Waals surface area contributed by atoms with Gasteiger partial charge >= 0.3 is 0 Å². The predicted octanol–water partition coefficient (Wildman–Crippen LogP) is 1.92. The molecule has 2 heterocycles. The van der Waals surface area contributed by atoms with Gasteiger partial charge in [-0.3, -0.25) is 0 Å². The van der Waals surface area contributed by atoms with Crippen molar-refractivity contribution in [2.24, 2.45) is 0 Å². The second-order valence-corrected chi connectivity index (χ2v) is 3.07. The molecular formula is C8H5NOS. The Morgan fingerprint density at radius 1 is 1.64 bits per heavy atom. The summed E-state index contributed by atoms with van der Waals surface area (Å²) in [5.74, 6) is 2.50. The lowest BCUT2D eigenvalue weighted by molar-refractivity contribution is 0.201. The van der Waals surface area contributed by atoms with E-state index in [2.05, 4.69) is 5.92 Å². The first-order valence-electron chi connectivity index (χ1n) is 3.07. The van der Waals surface area contributed by atoms with Crippen LogP contribution in [0.2, 0.25) is 0 Å². The Balaban J connectivity index is 2.94. The molecule has 0 aliphatic rings. The van der Waals surface area contributed by atoms with E-state index in [0.717, 1.165) is 20.5 Å². The smallest absolute Gasteiger partial charge is 0.140 e. The predicted molar refractivity (Wildman–Crippen MR) is 44.9 cm³/mol. The van der Waals surface area contributed by atoms with Gasteiger partial charge in [-0.25, -0.2) is 0 Å². The van der Waals surface area contributed by atoms with Crippen LogP contribution in [0.25, 0.3) is 10.2 Å². The van der Waals surface area contributed by atoms with Gasteiger partial charge in [-0.1, -0.05) is 5.92 Å². The Kier molecular flexibility index (Phi) is 1.17. The van der Waals surface area contributed by atoms with Gasteiger partial charge in [0.15, 0.2) is 0 Å². The van der Waals surface area contributed by atoms with Crippen molar-refractivity contribution in [3.8, 4) is 12.3 Å². The van der Waals surface area contributed by atoms with Gasteiger partial charge < -0.3 is 5.21 Å². The molecule has 0 aliphatic carbocycles. The molecule has 2 nitrogen and oxygen atoms in total. The highest BCUT2D eigenvalue weighted by molar-refractivity contribution is 7.16. The van der Waals surface area contributed by atoms with Gasteiger partial charge in [-0.2, -0.15) is 4.73 Å². The van der Waals surface area contributed by atoms with E-state index in [-0.39, 0.29) is 0 Å². The first-order valence-corrected chi connectivity index (χ1v) is 3.95. The molecule has 0 fully saturated rings. The summed E-state index contributed by atoms with van der Waals surface area (Å²) in [6.45, 7) is 0. The molecule has 0 saturated carbocycles. The zero-order chi connectivity index (χ0) is 7.84. The first kappa shape index (κ1) is 6.32. The zero-order valence-corrected chi connectivity index (χ0v) is 6.43. The average Bonchev–Trinajstić information content (AvgIpc) is 2.54. The summed E-state index contributed by atoms with van der Waals surface area (Å²) in [6, 6.07) is 1.90. The summed E-state index contributed by atoms with van der Waals surface area (Å²) in [4.78, 5) is 0.804. The number of nitrogens with zero attached hydrogens (tertiary/aromatic N) is 1. The molecule has 0 spiro atoms. The van der Waals surface area contributed by atoms with Gasteiger partial charge in [0, 0.05) is 5.39 Å². The van der Waals surface area contributed by atoms with Crippen molar-refractivity contribution in [3.05, 3.63) is 23.2 Å². The van der Waals surface area contributed by atoms with Crippen LogP contribution in [0.1, 0.15) is 5.56 Å². The molecule has 0 atom stereocenters.